The minimum Gasteiger partial charge on any atom is -0.445 e. The Morgan fingerprint density at radius 2 is 1.56 bits per heavy atom. The van der Waals surface area contributed by atoms with E-state index in [4.69, 9.17) is 11.2 Å². The first-order chi connectivity index (χ1) is 19.9. The van der Waals surface area contributed by atoms with E-state index in [2.05, 4.69) is 23.0 Å². The molecule has 0 saturated carbocycles. The Balaban J connectivity index is 1.33. The Hall–Kier alpha value is -3.64. The molecule has 41 heavy (non-hydrogen) atoms. The molecule has 0 radical (unpaired) electrons. The highest BCUT2D eigenvalue weighted by molar-refractivity contribution is 7.89. The molecule has 1 aliphatic rings. The molecule has 8 heteroatoms. The van der Waals surface area contributed by atoms with E-state index in [0.717, 1.165) is 50.0 Å². The van der Waals surface area contributed by atoms with E-state index >= 15 is 0 Å². The van der Waals surface area contributed by atoms with Crippen LogP contribution in [-0.4, -0.2) is 74.4 Å². The monoisotopic (exact) mass is 573 g/mol. The van der Waals surface area contributed by atoms with Gasteiger partial charge in [-0.15, -0.1) is 6.42 Å². The lowest BCUT2D eigenvalue weighted by atomic mass is 9.94. The predicted octanol–water partition coefficient (Wildman–Crippen LogP) is 5.22. The van der Waals surface area contributed by atoms with Gasteiger partial charge in [0.2, 0.25) is 10.0 Å². The number of rotatable bonds is 12. The van der Waals surface area contributed by atoms with Crippen molar-refractivity contribution >= 4 is 16.1 Å². The molecular formula is C33H39N3O4S. The fourth-order valence-electron chi connectivity index (χ4n) is 5.31. The molecule has 1 unspecified atom stereocenters. The summed E-state index contributed by atoms with van der Waals surface area (Å²) in [5.74, 6) is 2.66. The van der Waals surface area contributed by atoms with Crippen LogP contribution < -0.4 is 0 Å². The number of piperidine rings is 1. The average molecular weight is 574 g/mol. The topological polar surface area (TPSA) is 70.2 Å². The average Bonchev–Trinajstić information content (AvgIpc) is 3.02. The van der Waals surface area contributed by atoms with E-state index in [9.17, 15) is 13.2 Å². The third kappa shape index (κ3) is 8.43. The summed E-state index contributed by atoms with van der Waals surface area (Å²) >= 11 is 0. The molecule has 0 bridgehead atoms. The minimum atomic E-state index is -3.58. The van der Waals surface area contributed by atoms with Crippen LogP contribution >= 0.6 is 0 Å². The van der Waals surface area contributed by atoms with Crippen LogP contribution in [0, 0.1) is 12.3 Å². The molecule has 3 aromatic carbocycles. The molecule has 1 saturated heterocycles. The van der Waals surface area contributed by atoms with E-state index < -0.39 is 10.0 Å². The Labute approximate surface area is 244 Å². The van der Waals surface area contributed by atoms with Gasteiger partial charge in [0, 0.05) is 32.7 Å². The van der Waals surface area contributed by atoms with Gasteiger partial charge in [0.05, 0.1) is 11.4 Å². The van der Waals surface area contributed by atoms with Crippen LogP contribution in [0.15, 0.2) is 95.9 Å². The molecule has 216 valence electrons. The van der Waals surface area contributed by atoms with Gasteiger partial charge in [-0.2, -0.15) is 0 Å². The Morgan fingerprint density at radius 3 is 2.17 bits per heavy atom. The molecule has 1 atom stereocenters. The van der Waals surface area contributed by atoms with Crippen molar-refractivity contribution in [3.05, 3.63) is 102 Å². The van der Waals surface area contributed by atoms with Crippen molar-refractivity contribution in [3.8, 4) is 12.3 Å². The van der Waals surface area contributed by atoms with Crippen LogP contribution in [0.2, 0.25) is 0 Å². The van der Waals surface area contributed by atoms with Crippen molar-refractivity contribution < 1.29 is 17.9 Å². The fraction of sp³-hybridized carbons (Fsp3) is 0.364. The molecule has 3 aromatic rings. The first-order valence-corrected chi connectivity index (χ1v) is 15.5. The molecule has 4 rings (SSSR count). The molecule has 0 spiro atoms. The van der Waals surface area contributed by atoms with Crippen molar-refractivity contribution in [1.82, 2.24) is 14.1 Å². The number of amides is 1. The van der Waals surface area contributed by atoms with Gasteiger partial charge in [-0.1, -0.05) is 84.8 Å². The maximum absolute atomic E-state index is 13.2. The van der Waals surface area contributed by atoms with Crippen molar-refractivity contribution in [1.29, 1.82) is 0 Å². The van der Waals surface area contributed by atoms with E-state index in [1.54, 1.807) is 36.2 Å². The number of benzene rings is 3. The summed E-state index contributed by atoms with van der Waals surface area (Å²) in [6.45, 7) is 3.32. The Morgan fingerprint density at radius 1 is 0.976 bits per heavy atom. The lowest BCUT2D eigenvalue weighted by molar-refractivity contribution is 0.0663. The van der Waals surface area contributed by atoms with Crippen LogP contribution in [0.1, 0.15) is 36.3 Å². The normalized spacial score (nSPS) is 15.2. The van der Waals surface area contributed by atoms with Gasteiger partial charge in [-0.05, 0) is 55.0 Å². The largest absolute Gasteiger partial charge is 0.445 e. The zero-order chi connectivity index (χ0) is 29.1. The molecule has 1 amide bonds. The molecule has 0 aromatic heterocycles. The van der Waals surface area contributed by atoms with Crippen molar-refractivity contribution in [3.63, 3.8) is 0 Å². The lowest BCUT2D eigenvalue weighted by Gasteiger charge is -2.37. The molecular weight excluding hydrogens is 534 g/mol. The summed E-state index contributed by atoms with van der Waals surface area (Å²) in [5.41, 5.74) is 2.06. The number of terminal acetylenes is 1. The number of likely N-dealkylation sites (tertiary alicyclic amines) is 1. The summed E-state index contributed by atoms with van der Waals surface area (Å²) in [7, 11) is -1.93. The second kappa shape index (κ2) is 14.8. The molecule has 1 aliphatic heterocycles. The van der Waals surface area contributed by atoms with Crippen molar-refractivity contribution in [2.75, 3.05) is 39.8 Å². The summed E-state index contributed by atoms with van der Waals surface area (Å²) in [5, 5.41) is 0. The number of sulfonamides is 1. The molecule has 1 heterocycles. The van der Waals surface area contributed by atoms with Crippen LogP contribution in [0.25, 0.3) is 0 Å². The van der Waals surface area contributed by atoms with Gasteiger partial charge >= 0.3 is 6.09 Å². The highest BCUT2D eigenvalue weighted by Gasteiger charge is 2.30. The summed E-state index contributed by atoms with van der Waals surface area (Å²) < 4.78 is 33.4. The third-order valence-electron chi connectivity index (χ3n) is 7.69. The van der Waals surface area contributed by atoms with Crippen LogP contribution in [0.4, 0.5) is 4.79 Å². The zero-order valence-corrected chi connectivity index (χ0v) is 24.5. The zero-order valence-electron chi connectivity index (χ0n) is 23.6. The van der Waals surface area contributed by atoms with E-state index in [0.29, 0.717) is 11.4 Å². The number of hydrogen-bond acceptors (Lipinski definition) is 5. The highest BCUT2D eigenvalue weighted by atomic mass is 32.2. The molecule has 7 nitrogen and oxygen atoms in total. The molecule has 0 aliphatic carbocycles. The fourth-order valence-corrected chi connectivity index (χ4v) is 6.54. The Kier molecular flexibility index (Phi) is 11.0. The van der Waals surface area contributed by atoms with Gasteiger partial charge in [0.15, 0.2) is 0 Å². The van der Waals surface area contributed by atoms with E-state index in [1.807, 2.05) is 54.6 Å². The van der Waals surface area contributed by atoms with Crippen molar-refractivity contribution in [2.24, 2.45) is 0 Å². The number of ether oxygens (including phenoxy) is 1. The lowest BCUT2D eigenvalue weighted by Crippen LogP contribution is -2.48. The first kappa shape index (κ1) is 30.3. The van der Waals surface area contributed by atoms with Gasteiger partial charge < -0.3 is 9.64 Å². The number of nitrogens with zero attached hydrogens (tertiary/aromatic N) is 3. The quantitative estimate of drug-likeness (QED) is 0.278. The maximum atomic E-state index is 13.2. The SMILES string of the molecule is C#CCN(C(=O)OCc1ccccc1)C1CCN(CCC(CN(C)S(=O)(=O)c2ccccc2)c2ccccc2)CC1. The third-order valence-corrected chi connectivity index (χ3v) is 9.53. The molecule has 0 N–H and O–H groups in total. The summed E-state index contributed by atoms with van der Waals surface area (Å²) in [6, 6.07) is 28.3. The van der Waals surface area contributed by atoms with Crippen LogP contribution in [0.3, 0.4) is 0 Å². The van der Waals surface area contributed by atoms with Gasteiger partial charge in [-0.3, -0.25) is 4.90 Å². The molecule has 1 fully saturated rings. The number of likely N-dealkylation sites (N-methyl/N-ethyl adjacent to an activating group) is 1. The second-order valence-corrected chi connectivity index (χ2v) is 12.5. The van der Waals surface area contributed by atoms with Crippen molar-refractivity contribution in [2.45, 2.75) is 42.7 Å². The van der Waals surface area contributed by atoms with Gasteiger partial charge in [0.25, 0.3) is 0 Å². The standard InChI is InChI=1S/C33H39N3O4S/c1-3-22-36(33(37)40-27-28-13-7-4-8-14-28)31-20-24-35(25-21-31)23-19-30(29-15-9-5-10-16-29)26-34(2)41(38,39)32-17-11-6-12-18-32/h1,4-18,30-31H,19-27H2,2H3. The maximum Gasteiger partial charge on any atom is 0.411 e. The minimum absolute atomic E-state index is 0.0256. The van der Waals surface area contributed by atoms with Crippen LogP contribution in [0.5, 0.6) is 0 Å². The predicted molar refractivity (Wildman–Crippen MR) is 162 cm³/mol. The Bertz CT molecular complexity index is 1370. The number of hydrogen-bond donors (Lipinski definition) is 0. The van der Waals surface area contributed by atoms with Crippen LogP contribution in [-0.2, 0) is 21.4 Å². The smallest absolute Gasteiger partial charge is 0.411 e. The summed E-state index contributed by atoms with van der Waals surface area (Å²) in [6.07, 6.45) is 7.65. The van der Waals surface area contributed by atoms with E-state index in [1.165, 1.54) is 4.31 Å². The van der Waals surface area contributed by atoms with Gasteiger partial charge in [0.1, 0.15) is 6.61 Å². The first-order valence-electron chi connectivity index (χ1n) is 14.1. The van der Waals surface area contributed by atoms with Gasteiger partial charge in [-0.25, -0.2) is 17.5 Å². The summed E-state index contributed by atoms with van der Waals surface area (Å²) in [4.78, 5) is 17.3. The number of carbonyl (C=O) groups excluding carboxylic acids is 1. The highest BCUT2D eigenvalue weighted by Crippen LogP contribution is 2.26. The second-order valence-electron chi connectivity index (χ2n) is 10.4. The van der Waals surface area contributed by atoms with E-state index in [-0.39, 0.29) is 31.2 Å². The number of carbonyl (C=O) groups is 1.